The molecule has 6 heteroatoms. The molecule has 1 amide bonds. The van der Waals surface area contributed by atoms with Crippen LogP contribution in [0.1, 0.15) is 32.1 Å². The first kappa shape index (κ1) is 13.6. The minimum absolute atomic E-state index is 0.00108. The summed E-state index contributed by atoms with van der Waals surface area (Å²) in [5, 5.41) is 2.77. The van der Waals surface area contributed by atoms with Crippen LogP contribution in [0.3, 0.4) is 0 Å². The van der Waals surface area contributed by atoms with Crippen LogP contribution in [0.25, 0.3) is 0 Å². The van der Waals surface area contributed by atoms with Gasteiger partial charge in [0.05, 0.1) is 6.67 Å². The molecule has 1 heterocycles. The predicted octanol–water partition coefficient (Wildman–Crippen LogP) is -0.0270. The van der Waals surface area contributed by atoms with Crippen molar-refractivity contribution in [3.05, 3.63) is 0 Å². The van der Waals surface area contributed by atoms with Crippen molar-refractivity contribution in [3.63, 3.8) is 0 Å². The van der Waals surface area contributed by atoms with Crippen molar-refractivity contribution in [2.75, 3.05) is 19.8 Å². The summed E-state index contributed by atoms with van der Waals surface area (Å²) in [5.74, 6) is 0. The van der Waals surface area contributed by atoms with Gasteiger partial charge in [0.2, 0.25) is 0 Å². The summed E-state index contributed by atoms with van der Waals surface area (Å²) in [6, 6.07) is 0.00216. The third-order valence-electron chi connectivity index (χ3n) is 3.76. The summed E-state index contributed by atoms with van der Waals surface area (Å²) in [6.45, 7) is 1.92. The maximum atomic E-state index is 11.6. The molecule has 2 aliphatic rings. The number of ether oxygens (including phenoxy) is 1. The molecular formula is C12H24N4O2. The second kappa shape index (κ2) is 6.36. The Morgan fingerprint density at radius 3 is 2.39 bits per heavy atom. The highest BCUT2D eigenvalue weighted by Gasteiger charge is 2.27. The molecule has 1 saturated carbocycles. The molecule has 2 fully saturated rings. The predicted molar refractivity (Wildman–Crippen MR) is 68.9 cm³/mol. The summed E-state index contributed by atoms with van der Waals surface area (Å²) in [4.78, 5) is 13.6. The number of carbonyl (C=O) groups excluding carboxylic acids is 1. The van der Waals surface area contributed by atoms with E-state index in [1.807, 2.05) is 4.90 Å². The molecule has 1 aliphatic carbocycles. The summed E-state index contributed by atoms with van der Waals surface area (Å²) < 4.78 is 5.37. The lowest BCUT2D eigenvalue weighted by Gasteiger charge is -2.23. The van der Waals surface area contributed by atoms with Gasteiger partial charge in [0.1, 0.15) is 6.10 Å². The Morgan fingerprint density at radius 2 is 1.78 bits per heavy atom. The maximum absolute atomic E-state index is 11.6. The number of nitrogens with one attached hydrogen (secondary N) is 1. The van der Waals surface area contributed by atoms with E-state index in [4.69, 9.17) is 16.2 Å². The fraction of sp³-hybridized carbons (Fsp3) is 0.917. The van der Waals surface area contributed by atoms with Crippen LogP contribution in [0, 0.1) is 0 Å². The summed E-state index contributed by atoms with van der Waals surface area (Å²) in [6.07, 6.45) is 5.34. The van der Waals surface area contributed by atoms with Crippen molar-refractivity contribution < 1.29 is 9.53 Å². The monoisotopic (exact) mass is 256 g/mol. The highest BCUT2D eigenvalue weighted by Crippen LogP contribution is 2.20. The van der Waals surface area contributed by atoms with Crippen LogP contribution >= 0.6 is 0 Å². The largest absolute Gasteiger partial charge is 0.446 e. The maximum Gasteiger partial charge on any atom is 0.408 e. The number of nitrogens with two attached hydrogens (primary N) is 2. The van der Waals surface area contributed by atoms with E-state index in [0.29, 0.717) is 6.67 Å². The molecule has 18 heavy (non-hydrogen) atoms. The molecule has 0 spiro atoms. The number of amides is 1. The van der Waals surface area contributed by atoms with Gasteiger partial charge >= 0.3 is 6.09 Å². The van der Waals surface area contributed by atoms with Gasteiger partial charge in [-0.15, -0.1) is 0 Å². The molecule has 5 N–H and O–H groups in total. The number of alkyl carbamates (subject to hydrolysis) is 1. The summed E-state index contributed by atoms with van der Waals surface area (Å²) in [7, 11) is 0. The van der Waals surface area contributed by atoms with E-state index in [1.54, 1.807) is 0 Å². The first-order valence-corrected chi connectivity index (χ1v) is 6.83. The topological polar surface area (TPSA) is 93.6 Å². The quantitative estimate of drug-likeness (QED) is 0.659. The van der Waals surface area contributed by atoms with Crippen molar-refractivity contribution in [1.82, 2.24) is 10.2 Å². The Hall–Kier alpha value is -0.850. The van der Waals surface area contributed by atoms with Gasteiger partial charge in [-0.3, -0.25) is 4.90 Å². The van der Waals surface area contributed by atoms with Gasteiger partial charge in [-0.1, -0.05) is 6.42 Å². The molecule has 6 nitrogen and oxygen atoms in total. The molecule has 0 unspecified atom stereocenters. The molecule has 2 atom stereocenters. The number of nitrogens with zero attached hydrogens (tertiary/aromatic N) is 1. The van der Waals surface area contributed by atoms with Crippen molar-refractivity contribution in [1.29, 1.82) is 0 Å². The van der Waals surface area contributed by atoms with Crippen LogP contribution in [0.4, 0.5) is 4.79 Å². The van der Waals surface area contributed by atoms with E-state index in [2.05, 4.69) is 5.32 Å². The third-order valence-corrected chi connectivity index (χ3v) is 3.76. The van der Waals surface area contributed by atoms with E-state index in [9.17, 15) is 4.79 Å². The average Bonchev–Trinajstić information content (AvgIpc) is 2.68. The van der Waals surface area contributed by atoms with Crippen molar-refractivity contribution in [2.24, 2.45) is 11.5 Å². The average molecular weight is 256 g/mol. The molecule has 0 aromatic heterocycles. The lowest BCUT2D eigenvalue weighted by molar-refractivity contribution is 0.0719. The smallest absolute Gasteiger partial charge is 0.408 e. The first-order chi connectivity index (χ1) is 8.65. The second-order valence-electron chi connectivity index (χ2n) is 5.36. The zero-order valence-corrected chi connectivity index (χ0v) is 10.8. The molecule has 0 bridgehead atoms. The molecule has 1 saturated heterocycles. The number of carbonyl (C=O) groups is 1. The second-order valence-corrected chi connectivity index (χ2v) is 5.36. The minimum Gasteiger partial charge on any atom is -0.446 e. The van der Waals surface area contributed by atoms with Crippen LogP contribution in [-0.2, 0) is 4.74 Å². The molecule has 2 rings (SSSR count). The van der Waals surface area contributed by atoms with Crippen LogP contribution in [0.5, 0.6) is 0 Å². The molecule has 0 radical (unpaired) electrons. The van der Waals surface area contributed by atoms with Crippen molar-refractivity contribution in [3.8, 4) is 0 Å². The fourth-order valence-corrected chi connectivity index (χ4v) is 2.62. The first-order valence-electron chi connectivity index (χ1n) is 6.83. The van der Waals surface area contributed by atoms with Gasteiger partial charge in [-0.2, -0.15) is 0 Å². The summed E-state index contributed by atoms with van der Waals surface area (Å²) in [5.41, 5.74) is 11.6. The summed E-state index contributed by atoms with van der Waals surface area (Å²) >= 11 is 0. The van der Waals surface area contributed by atoms with Crippen LogP contribution in [-0.4, -0.2) is 48.9 Å². The van der Waals surface area contributed by atoms with Crippen molar-refractivity contribution >= 4 is 6.09 Å². The lowest BCUT2D eigenvalue weighted by Crippen LogP contribution is -2.39. The third kappa shape index (κ3) is 3.83. The SMILES string of the molecule is N[C@H]1CN(CNC(=O)OC2CCCCC2)C[C@@H]1N. The van der Waals surface area contributed by atoms with Crippen LogP contribution < -0.4 is 16.8 Å². The fourth-order valence-electron chi connectivity index (χ4n) is 2.62. The van der Waals surface area contributed by atoms with E-state index in [1.165, 1.54) is 6.42 Å². The van der Waals surface area contributed by atoms with Gasteiger partial charge in [0, 0.05) is 25.2 Å². The van der Waals surface area contributed by atoms with Crippen LogP contribution in [0.2, 0.25) is 0 Å². The Balaban J connectivity index is 1.62. The van der Waals surface area contributed by atoms with Gasteiger partial charge in [0.15, 0.2) is 0 Å². The standard InChI is InChI=1S/C12H24N4O2/c13-10-6-16(7-11(10)14)8-15-12(17)18-9-4-2-1-3-5-9/h9-11H,1-8,13-14H2,(H,15,17)/t10-,11-/m0/s1. The molecule has 0 aromatic carbocycles. The normalized spacial score (nSPS) is 30.3. The zero-order chi connectivity index (χ0) is 13.0. The van der Waals surface area contributed by atoms with Gasteiger partial charge in [0.25, 0.3) is 0 Å². The van der Waals surface area contributed by atoms with Crippen LogP contribution in [0.15, 0.2) is 0 Å². The minimum atomic E-state index is -0.323. The highest BCUT2D eigenvalue weighted by atomic mass is 16.6. The Kier molecular flexibility index (Phi) is 4.79. The molecule has 104 valence electrons. The number of hydrogen-bond acceptors (Lipinski definition) is 5. The Labute approximate surface area is 108 Å². The van der Waals surface area contributed by atoms with E-state index in [-0.39, 0.29) is 24.3 Å². The van der Waals surface area contributed by atoms with Crippen molar-refractivity contribution in [2.45, 2.75) is 50.3 Å². The molecule has 0 aromatic rings. The molecular weight excluding hydrogens is 232 g/mol. The number of rotatable bonds is 3. The molecule has 1 aliphatic heterocycles. The van der Waals surface area contributed by atoms with E-state index >= 15 is 0 Å². The number of likely N-dealkylation sites (tertiary alicyclic amines) is 1. The van der Waals surface area contributed by atoms with Gasteiger partial charge < -0.3 is 21.5 Å². The van der Waals surface area contributed by atoms with Gasteiger partial charge in [-0.05, 0) is 25.7 Å². The Morgan fingerprint density at radius 1 is 1.17 bits per heavy atom. The van der Waals surface area contributed by atoms with E-state index in [0.717, 1.165) is 38.8 Å². The Bertz CT molecular complexity index is 271. The lowest BCUT2D eigenvalue weighted by atomic mass is 9.98. The van der Waals surface area contributed by atoms with E-state index < -0.39 is 0 Å². The number of hydrogen-bond donors (Lipinski definition) is 3. The highest BCUT2D eigenvalue weighted by molar-refractivity contribution is 5.67. The van der Waals surface area contributed by atoms with Gasteiger partial charge in [-0.25, -0.2) is 4.79 Å². The zero-order valence-electron chi connectivity index (χ0n) is 10.8.